The third-order valence-electron chi connectivity index (χ3n) is 2.65. The fraction of sp³-hybridized carbons (Fsp3) is 0.333. The van der Waals surface area contributed by atoms with E-state index in [1.54, 1.807) is 12.1 Å². The predicted molar refractivity (Wildman–Crippen MR) is 70.1 cm³/mol. The van der Waals surface area contributed by atoms with Gasteiger partial charge in [-0.1, -0.05) is 17.3 Å². The van der Waals surface area contributed by atoms with Crippen molar-refractivity contribution in [3.63, 3.8) is 0 Å². The quantitative estimate of drug-likeness (QED) is 0.488. The van der Waals surface area contributed by atoms with Gasteiger partial charge in [-0.05, 0) is 13.8 Å². The Hall–Kier alpha value is -1.95. The van der Waals surface area contributed by atoms with Gasteiger partial charge in [0, 0.05) is 23.6 Å². The van der Waals surface area contributed by atoms with E-state index in [2.05, 4.69) is 10.1 Å². The highest BCUT2D eigenvalue weighted by atomic mass is 35.5. The molecule has 0 aliphatic carbocycles. The Morgan fingerprint density at radius 3 is 2.84 bits per heavy atom. The van der Waals surface area contributed by atoms with Crippen LogP contribution in [-0.2, 0) is 5.41 Å². The number of nitro benzene ring substituents is 1. The van der Waals surface area contributed by atoms with Crippen LogP contribution in [0.4, 0.5) is 5.69 Å². The van der Waals surface area contributed by atoms with Gasteiger partial charge in [0.1, 0.15) is 0 Å². The smallest absolute Gasteiger partial charge is 0.270 e. The highest BCUT2D eigenvalue weighted by Gasteiger charge is 2.27. The van der Waals surface area contributed by atoms with Crippen LogP contribution in [-0.4, -0.2) is 20.9 Å². The summed E-state index contributed by atoms with van der Waals surface area (Å²) in [4.78, 5) is 14.5. The number of rotatable bonds is 4. The van der Waals surface area contributed by atoms with E-state index in [1.165, 1.54) is 12.1 Å². The first kappa shape index (κ1) is 13.5. The molecule has 0 bridgehead atoms. The molecule has 100 valence electrons. The molecule has 0 fully saturated rings. The average Bonchev–Trinajstić information content (AvgIpc) is 2.89. The molecule has 2 aromatic rings. The molecule has 0 amide bonds. The molecule has 6 nitrogen and oxygen atoms in total. The number of non-ortho nitro benzene ring substituents is 1. The molecule has 0 radical (unpaired) electrons. The van der Waals surface area contributed by atoms with Crippen molar-refractivity contribution in [2.75, 3.05) is 5.88 Å². The molecule has 2 rings (SSSR count). The van der Waals surface area contributed by atoms with Crippen LogP contribution < -0.4 is 0 Å². The van der Waals surface area contributed by atoms with E-state index in [0.717, 1.165) is 0 Å². The van der Waals surface area contributed by atoms with Gasteiger partial charge in [-0.2, -0.15) is 4.98 Å². The third kappa shape index (κ3) is 2.73. The summed E-state index contributed by atoms with van der Waals surface area (Å²) >= 11 is 5.83. The second kappa shape index (κ2) is 4.97. The van der Waals surface area contributed by atoms with Crippen LogP contribution in [0, 0.1) is 10.1 Å². The lowest BCUT2D eigenvalue weighted by Crippen LogP contribution is -2.19. The van der Waals surface area contributed by atoms with Gasteiger partial charge >= 0.3 is 0 Å². The van der Waals surface area contributed by atoms with Crippen molar-refractivity contribution >= 4 is 17.3 Å². The fourth-order valence-electron chi connectivity index (χ4n) is 1.43. The van der Waals surface area contributed by atoms with Gasteiger partial charge in [0.25, 0.3) is 5.69 Å². The van der Waals surface area contributed by atoms with Crippen molar-refractivity contribution in [2.24, 2.45) is 0 Å². The monoisotopic (exact) mass is 281 g/mol. The van der Waals surface area contributed by atoms with Crippen LogP contribution in [0.3, 0.4) is 0 Å². The summed E-state index contributed by atoms with van der Waals surface area (Å²) in [6, 6.07) is 6.08. The van der Waals surface area contributed by atoms with Crippen molar-refractivity contribution in [3.8, 4) is 11.4 Å². The number of nitro groups is 1. The number of alkyl halides is 1. The minimum Gasteiger partial charge on any atom is -0.338 e. The molecule has 19 heavy (non-hydrogen) atoms. The highest BCUT2D eigenvalue weighted by Crippen LogP contribution is 2.26. The molecule has 0 aliphatic rings. The van der Waals surface area contributed by atoms with Gasteiger partial charge < -0.3 is 4.52 Å². The SMILES string of the molecule is CC(C)(CCl)c1nc(-c2cccc([N+](=O)[O-])c2)no1. The lowest BCUT2D eigenvalue weighted by atomic mass is 9.96. The average molecular weight is 282 g/mol. The van der Waals surface area contributed by atoms with Crippen molar-refractivity contribution in [3.05, 3.63) is 40.3 Å². The molecule has 0 spiro atoms. The maximum absolute atomic E-state index is 10.7. The number of nitrogens with zero attached hydrogens (tertiary/aromatic N) is 3. The Bertz CT molecular complexity index is 610. The minimum absolute atomic E-state index is 0.0135. The topological polar surface area (TPSA) is 82.1 Å². The van der Waals surface area contributed by atoms with E-state index in [1.807, 2.05) is 13.8 Å². The number of benzene rings is 1. The van der Waals surface area contributed by atoms with E-state index in [0.29, 0.717) is 23.2 Å². The predicted octanol–water partition coefficient (Wildman–Crippen LogP) is 3.16. The van der Waals surface area contributed by atoms with Crippen LogP contribution in [0.25, 0.3) is 11.4 Å². The molecule has 1 heterocycles. The Kier molecular flexibility index (Phi) is 3.53. The normalized spacial score (nSPS) is 11.5. The van der Waals surface area contributed by atoms with Gasteiger partial charge in [-0.25, -0.2) is 0 Å². The number of aromatic nitrogens is 2. The summed E-state index contributed by atoms with van der Waals surface area (Å²) in [6.45, 7) is 3.76. The summed E-state index contributed by atoms with van der Waals surface area (Å²) < 4.78 is 5.16. The zero-order chi connectivity index (χ0) is 14.0. The van der Waals surface area contributed by atoms with Gasteiger partial charge in [0.15, 0.2) is 0 Å². The molecule has 0 saturated carbocycles. The second-order valence-electron chi connectivity index (χ2n) is 4.75. The second-order valence-corrected chi connectivity index (χ2v) is 5.02. The van der Waals surface area contributed by atoms with Crippen LogP contribution >= 0.6 is 11.6 Å². The van der Waals surface area contributed by atoms with E-state index < -0.39 is 10.3 Å². The van der Waals surface area contributed by atoms with Crippen molar-refractivity contribution < 1.29 is 9.45 Å². The zero-order valence-electron chi connectivity index (χ0n) is 10.5. The number of hydrogen-bond acceptors (Lipinski definition) is 5. The third-order valence-corrected chi connectivity index (χ3v) is 3.32. The maximum atomic E-state index is 10.7. The Balaban J connectivity index is 2.38. The Morgan fingerprint density at radius 1 is 1.47 bits per heavy atom. The molecule has 0 aliphatic heterocycles. The zero-order valence-corrected chi connectivity index (χ0v) is 11.2. The lowest BCUT2D eigenvalue weighted by molar-refractivity contribution is -0.384. The van der Waals surface area contributed by atoms with Crippen LogP contribution in [0.2, 0.25) is 0 Å². The Labute approximate surface area is 114 Å². The summed E-state index contributed by atoms with van der Waals surface area (Å²) in [5, 5.41) is 14.6. The molecule has 7 heteroatoms. The van der Waals surface area contributed by atoms with E-state index >= 15 is 0 Å². The first-order chi connectivity index (χ1) is 8.94. The van der Waals surface area contributed by atoms with E-state index in [9.17, 15) is 10.1 Å². The Morgan fingerprint density at radius 2 is 2.21 bits per heavy atom. The summed E-state index contributed by atoms with van der Waals surface area (Å²) in [6.07, 6.45) is 0. The molecule has 0 saturated heterocycles. The summed E-state index contributed by atoms with van der Waals surface area (Å²) in [5.41, 5.74) is 0.0862. The van der Waals surface area contributed by atoms with Gasteiger partial charge in [-0.15, -0.1) is 11.6 Å². The van der Waals surface area contributed by atoms with E-state index in [-0.39, 0.29) is 5.69 Å². The largest absolute Gasteiger partial charge is 0.338 e. The number of hydrogen-bond donors (Lipinski definition) is 0. The van der Waals surface area contributed by atoms with Gasteiger partial charge in [-0.3, -0.25) is 10.1 Å². The van der Waals surface area contributed by atoms with Crippen molar-refractivity contribution in [1.82, 2.24) is 10.1 Å². The number of halogens is 1. The van der Waals surface area contributed by atoms with Crippen molar-refractivity contribution in [1.29, 1.82) is 0 Å². The van der Waals surface area contributed by atoms with Gasteiger partial charge in [0.2, 0.25) is 11.7 Å². The maximum Gasteiger partial charge on any atom is 0.270 e. The molecule has 0 unspecified atom stereocenters. The van der Waals surface area contributed by atoms with Crippen molar-refractivity contribution in [2.45, 2.75) is 19.3 Å². The molecule has 1 aromatic carbocycles. The molecule has 0 N–H and O–H groups in total. The van der Waals surface area contributed by atoms with Crippen LogP contribution in [0.5, 0.6) is 0 Å². The van der Waals surface area contributed by atoms with E-state index in [4.69, 9.17) is 16.1 Å². The van der Waals surface area contributed by atoms with Crippen LogP contribution in [0.1, 0.15) is 19.7 Å². The first-order valence-electron chi connectivity index (χ1n) is 5.59. The first-order valence-corrected chi connectivity index (χ1v) is 6.12. The molecular formula is C12H12ClN3O3. The molecular weight excluding hydrogens is 270 g/mol. The molecule has 0 atom stereocenters. The minimum atomic E-state index is -0.465. The lowest BCUT2D eigenvalue weighted by Gasteiger charge is -2.14. The highest BCUT2D eigenvalue weighted by molar-refractivity contribution is 6.18. The van der Waals surface area contributed by atoms with Crippen LogP contribution in [0.15, 0.2) is 28.8 Å². The summed E-state index contributed by atoms with van der Waals surface area (Å²) in [7, 11) is 0. The van der Waals surface area contributed by atoms with Gasteiger partial charge in [0.05, 0.1) is 10.3 Å². The standard InChI is InChI=1S/C12H12ClN3O3/c1-12(2,7-13)11-14-10(15-19-11)8-4-3-5-9(6-8)16(17)18/h3-6H,7H2,1-2H3. The fourth-order valence-corrected chi connectivity index (χ4v) is 1.55. The summed E-state index contributed by atoms with van der Waals surface area (Å²) in [5.74, 6) is 1.06. The molecule has 1 aromatic heterocycles.